The number of nitrogens with zero attached hydrogens (tertiary/aromatic N) is 6. The minimum atomic E-state index is -3.59. The van der Waals surface area contributed by atoms with Crippen molar-refractivity contribution < 1.29 is 18.3 Å². The van der Waals surface area contributed by atoms with Crippen LogP contribution in [0.4, 0.5) is 5.82 Å². The van der Waals surface area contributed by atoms with Crippen molar-refractivity contribution in [2.45, 2.75) is 23.3 Å². The molecule has 0 aliphatic carbocycles. The van der Waals surface area contributed by atoms with Crippen molar-refractivity contribution in [3.63, 3.8) is 0 Å². The molecule has 2 fully saturated rings. The van der Waals surface area contributed by atoms with Crippen LogP contribution in [0.15, 0.2) is 47.8 Å². The van der Waals surface area contributed by atoms with Crippen LogP contribution in [0, 0.1) is 0 Å². The van der Waals surface area contributed by atoms with Crippen LogP contribution in [0.1, 0.15) is 23.2 Å². The van der Waals surface area contributed by atoms with Crippen LogP contribution in [-0.2, 0) is 10.0 Å². The van der Waals surface area contributed by atoms with Crippen LogP contribution in [0.3, 0.4) is 0 Å². The molecule has 2 aliphatic heterocycles. The Labute approximate surface area is 200 Å². The summed E-state index contributed by atoms with van der Waals surface area (Å²) in [4.78, 5) is 27.2. The zero-order chi connectivity index (χ0) is 24.3. The largest absolute Gasteiger partial charge is 0.386 e. The number of sulfonamides is 1. The summed E-state index contributed by atoms with van der Waals surface area (Å²) in [7, 11) is 0.0315. The summed E-state index contributed by atoms with van der Waals surface area (Å²) in [5.74, 6) is 0.431. The number of hydrogen-bond donors (Lipinski definition) is 1. The third-order valence-electron chi connectivity index (χ3n) is 6.51. The van der Waals surface area contributed by atoms with Crippen LogP contribution < -0.4 is 4.90 Å². The lowest BCUT2D eigenvalue weighted by molar-refractivity contribution is -0.000146. The molecule has 2 aliphatic rings. The minimum Gasteiger partial charge on any atom is -0.386 e. The van der Waals surface area contributed by atoms with E-state index in [1.54, 1.807) is 37.8 Å². The lowest BCUT2D eigenvalue weighted by Crippen LogP contribution is -2.54. The van der Waals surface area contributed by atoms with Gasteiger partial charge >= 0.3 is 0 Å². The quantitative estimate of drug-likeness (QED) is 0.627. The van der Waals surface area contributed by atoms with Crippen molar-refractivity contribution >= 4 is 21.7 Å². The molecule has 1 amide bonds. The van der Waals surface area contributed by atoms with E-state index in [1.165, 1.54) is 21.3 Å². The van der Waals surface area contributed by atoms with Gasteiger partial charge in [0.1, 0.15) is 5.82 Å². The van der Waals surface area contributed by atoms with Gasteiger partial charge in [-0.25, -0.2) is 13.4 Å². The van der Waals surface area contributed by atoms with Gasteiger partial charge in [0.2, 0.25) is 10.0 Å². The smallest absolute Gasteiger partial charge is 0.253 e. The molecule has 0 radical (unpaired) electrons. The first-order valence-electron chi connectivity index (χ1n) is 11.5. The lowest BCUT2D eigenvalue weighted by atomic mass is 9.92. The number of piperidine rings is 1. The second-order valence-electron chi connectivity index (χ2n) is 9.21. The van der Waals surface area contributed by atoms with Gasteiger partial charge in [0.05, 0.1) is 23.2 Å². The summed E-state index contributed by atoms with van der Waals surface area (Å²) in [6.45, 7) is 3.56. The Bertz CT molecular complexity index is 1090. The highest BCUT2D eigenvalue weighted by Gasteiger charge is 2.36. The molecule has 1 N–H and O–H groups in total. The topological polar surface area (TPSA) is 110 Å². The molecule has 2 saturated heterocycles. The predicted molar refractivity (Wildman–Crippen MR) is 128 cm³/mol. The molecule has 1 aromatic carbocycles. The molecule has 11 heteroatoms. The van der Waals surface area contributed by atoms with Crippen LogP contribution in [0.25, 0.3) is 0 Å². The summed E-state index contributed by atoms with van der Waals surface area (Å²) in [5.41, 5.74) is -0.699. The van der Waals surface area contributed by atoms with Crippen LogP contribution in [-0.4, -0.2) is 109 Å². The average Bonchev–Trinajstić information content (AvgIpc) is 2.84. The predicted octanol–water partition coefficient (Wildman–Crippen LogP) is 0.516. The Hall–Kier alpha value is -2.60. The molecule has 0 unspecified atom stereocenters. The highest BCUT2D eigenvalue weighted by molar-refractivity contribution is 7.89. The standard InChI is InChI=1S/C23H32N6O4S/c1-26-12-14-29(15-13-26)34(32,33)20-6-4-19(5-7-20)22(30)27(2)17-23(31)8-3-11-28(18-23)21-16-24-9-10-25-21/h4-7,9-10,16,31H,3,8,11-15,17-18H2,1-2H3/t23-/m0/s1. The summed E-state index contributed by atoms with van der Waals surface area (Å²) < 4.78 is 27.3. The van der Waals surface area contributed by atoms with Gasteiger partial charge in [-0.3, -0.25) is 9.78 Å². The van der Waals surface area contributed by atoms with E-state index in [1.807, 2.05) is 11.9 Å². The van der Waals surface area contributed by atoms with Crippen molar-refractivity contribution in [3.05, 3.63) is 48.4 Å². The first kappa shape index (κ1) is 24.5. The Morgan fingerprint density at radius 2 is 1.82 bits per heavy atom. The van der Waals surface area contributed by atoms with E-state index in [0.29, 0.717) is 50.5 Å². The maximum Gasteiger partial charge on any atom is 0.253 e. The molecule has 0 saturated carbocycles. The summed E-state index contributed by atoms with van der Waals surface area (Å²) in [6.07, 6.45) is 6.23. The van der Waals surface area contributed by atoms with Gasteiger partial charge < -0.3 is 19.8 Å². The van der Waals surface area contributed by atoms with E-state index in [4.69, 9.17) is 0 Å². The number of likely N-dealkylation sites (N-methyl/N-ethyl adjacent to an activating group) is 2. The van der Waals surface area contributed by atoms with E-state index >= 15 is 0 Å². The Kier molecular flexibility index (Phi) is 7.17. The second-order valence-corrected chi connectivity index (χ2v) is 11.1. The number of hydrogen-bond acceptors (Lipinski definition) is 8. The van der Waals surface area contributed by atoms with E-state index < -0.39 is 15.6 Å². The van der Waals surface area contributed by atoms with Gasteiger partial charge in [0.25, 0.3) is 5.91 Å². The zero-order valence-corrected chi connectivity index (χ0v) is 20.5. The maximum absolute atomic E-state index is 13.0. The van der Waals surface area contributed by atoms with Crippen LogP contribution >= 0.6 is 0 Å². The highest BCUT2D eigenvalue weighted by atomic mass is 32.2. The molecule has 1 atom stereocenters. The number of rotatable bonds is 6. The molecule has 2 aromatic rings. The Morgan fingerprint density at radius 3 is 2.47 bits per heavy atom. The highest BCUT2D eigenvalue weighted by Crippen LogP contribution is 2.26. The van der Waals surface area contributed by atoms with Gasteiger partial charge in [-0.2, -0.15) is 4.31 Å². The van der Waals surface area contributed by atoms with Crippen LogP contribution in [0.5, 0.6) is 0 Å². The van der Waals surface area contributed by atoms with Crippen molar-refractivity contribution in [2.75, 3.05) is 64.8 Å². The molecule has 184 valence electrons. The molecule has 34 heavy (non-hydrogen) atoms. The number of amides is 1. The van der Waals surface area contributed by atoms with Gasteiger partial charge in [0.15, 0.2) is 0 Å². The number of aliphatic hydroxyl groups is 1. The summed E-state index contributed by atoms with van der Waals surface area (Å²) >= 11 is 0. The van der Waals surface area contributed by atoms with Gasteiger partial charge in [-0.15, -0.1) is 0 Å². The Balaban J connectivity index is 1.40. The fourth-order valence-electron chi connectivity index (χ4n) is 4.57. The van der Waals surface area contributed by atoms with Gasteiger partial charge in [-0.05, 0) is 44.2 Å². The number of anilines is 1. The fraction of sp³-hybridized carbons (Fsp3) is 0.522. The number of aromatic nitrogens is 2. The molecule has 1 aromatic heterocycles. The van der Waals surface area contributed by atoms with Crippen molar-refractivity contribution in [1.82, 2.24) is 24.1 Å². The Morgan fingerprint density at radius 1 is 1.12 bits per heavy atom. The minimum absolute atomic E-state index is 0.157. The van der Waals surface area contributed by atoms with E-state index in [-0.39, 0.29) is 17.3 Å². The third kappa shape index (κ3) is 5.38. The normalized spacial score (nSPS) is 22.5. The molecular formula is C23H32N6O4S. The summed E-state index contributed by atoms with van der Waals surface area (Å²) in [5, 5.41) is 11.2. The monoisotopic (exact) mass is 488 g/mol. The number of β-amino-alcohol motifs (C(OH)–C–C–N with tert-alkyl or cyclic N) is 1. The number of piperazine rings is 1. The fourth-order valence-corrected chi connectivity index (χ4v) is 5.99. The van der Waals surface area contributed by atoms with Crippen LogP contribution in [0.2, 0.25) is 0 Å². The second kappa shape index (κ2) is 9.95. The van der Waals surface area contributed by atoms with Crippen molar-refractivity contribution in [2.24, 2.45) is 0 Å². The number of carbonyl (C=O) groups excluding carboxylic acids is 1. The first-order chi connectivity index (χ1) is 16.2. The van der Waals surface area contributed by atoms with Gasteiger partial charge in [-0.1, -0.05) is 0 Å². The molecule has 3 heterocycles. The van der Waals surface area contributed by atoms with Gasteiger partial charge in [0, 0.05) is 64.3 Å². The SMILES string of the molecule is CN1CCN(S(=O)(=O)c2ccc(C(=O)N(C)C[C@@]3(O)CCCN(c4cnccn4)C3)cc2)CC1. The van der Waals surface area contributed by atoms with E-state index in [9.17, 15) is 18.3 Å². The molecule has 10 nitrogen and oxygen atoms in total. The lowest BCUT2D eigenvalue weighted by Gasteiger charge is -2.41. The zero-order valence-electron chi connectivity index (χ0n) is 19.7. The van der Waals surface area contributed by atoms with Crippen molar-refractivity contribution in [1.29, 1.82) is 0 Å². The molecular weight excluding hydrogens is 456 g/mol. The maximum atomic E-state index is 13.0. The average molecular weight is 489 g/mol. The van der Waals surface area contributed by atoms with E-state index in [0.717, 1.165) is 13.0 Å². The molecule has 0 spiro atoms. The first-order valence-corrected chi connectivity index (χ1v) is 12.9. The van der Waals surface area contributed by atoms with Crippen molar-refractivity contribution in [3.8, 4) is 0 Å². The molecule has 0 bridgehead atoms. The summed E-state index contributed by atoms with van der Waals surface area (Å²) in [6, 6.07) is 6.05. The molecule has 4 rings (SSSR count). The van der Waals surface area contributed by atoms with E-state index in [2.05, 4.69) is 14.9 Å². The number of benzene rings is 1. The number of carbonyl (C=O) groups is 1. The third-order valence-corrected chi connectivity index (χ3v) is 8.42.